The maximum absolute atomic E-state index is 12.9. The molecule has 0 saturated heterocycles. The lowest BCUT2D eigenvalue weighted by molar-refractivity contribution is -0.125. The fraction of sp³-hybridized carbons (Fsp3) is 0.500. The molecular formula is C20H28N2O3. The third-order valence-electron chi connectivity index (χ3n) is 4.62. The third-order valence-corrected chi connectivity index (χ3v) is 4.62. The van der Waals surface area contributed by atoms with Gasteiger partial charge in [-0.1, -0.05) is 31.2 Å². The third kappa shape index (κ3) is 4.84. The second-order valence-electron chi connectivity index (χ2n) is 6.57. The van der Waals surface area contributed by atoms with E-state index in [-0.39, 0.29) is 24.0 Å². The van der Waals surface area contributed by atoms with Crippen LogP contribution in [0.2, 0.25) is 0 Å². The molecule has 0 aliphatic carbocycles. The molecule has 0 spiro atoms. The summed E-state index contributed by atoms with van der Waals surface area (Å²) in [6.45, 7) is 5.78. The molecule has 1 aromatic rings. The van der Waals surface area contributed by atoms with Crippen LogP contribution in [-0.4, -0.2) is 41.9 Å². The first-order valence-corrected chi connectivity index (χ1v) is 8.92. The molecule has 1 aliphatic rings. The summed E-state index contributed by atoms with van der Waals surface area (Å²) in [5.41, 5.74) is 0.476. The van der Waals surface area contributed by atoms with Gasteiger partial charge in [0.15, 0.2) is 0 Å². The van der Waals surface area contributed by atoms with Crippen molar-refractivity contribution in [3.8, 4) is 5.75 Å². The Bertz CT molecular complexity index is 642. The van der Waals surface area contributed by atoms with E-state index in [1.165, 1.54) is 4.90 Å². The molecule has 2 rings (SSSR count). The number of rotatable bonds is 1. The van der Waals surface area contributed by atoms with Gasteiger partial charge in [0.25, 0.3) is 5.91 Å². The molecule has 25 heavy (non-hydrogen) atoms. The number of likely N-dealkylation sites (N-methyl/N-ethyl adjacent to an activating group) is 1. The monoisotopic (exact) mass is 344 g/mol. The number of carbonyl (C=O) groups is 2. The molecule has 1 aromatic carbocycles. The number of fused-ring (bicyclic) bond motifs is 1. The number of hydrogen-bond acceptors (Lipinski definition) is 3. The van der Waals surface area contributed by atoms with Crippen LogP contribution in [0, 0.1) is 0 Å². The van der Waals surface area contributed by atoms with Crippen LogP contribution in [0.25, 0.3) is 0 Å². The van der Waals surface area contributed by atoms with Crippen molar-refractivity contribution in [2.24, 2.45) is 0 Å². The minimum Gasteiger partial charge on any atom is -0.490 e. The topological polar surface area (TPSA) is 58.6 Å². The van der Waals surface area contributed by atoms with Gasteiger partial charge in [0.1, 0.15) is 11.8 Å². The predicted molar refractivity (Wildman–Crippen MR) is 98.7 cm³/mol. The van der Waals surface area contributed by atoms with Crippen molar-refractivity contribution in [1.82, 2.24) is 10.2 Å². The van der Waals surface area contributed by atoms with Crippen LogP contribution < -0.4 is 10.1 Å². The van der Waals surface area contributed by atoms with E-state index in [4.69, 9.17) is 4.74 Å². The van der Waals surface area contributed by atoms with Crippen LogP contribution in [0.5, 0.6) is 5.75 Å². The molecular weight excluding hydrogens is 316 g/mol. The Morgan fingerprint density at radius 3 is 2.56 bits per heavy atom. The van der Waals surface area contributed by atoms with Gasteiger partial charge in [-0.25, -0.2) is 0 Å². The van der Waals surface area contributed by atoms with Crippen molar-refractivity contribution < 1.29 is 14.3 Å². The van der Waals surface area contributed by atoms with E-state index < -0.39 is 6.04 Å². The average Bonchev–Trinajstić information content (AvgIpc) is 2.61. The van der Waals surface area contributed by atoms with Crippen LogP contribution in [0.4, 0.5) is 0 Å². The molecule has 0 fully saturated rings. The van der Waals surface area contributed by atoms with Crippen molar-refractivity contribution >= 4 is 11.8 Å². The summed E-state index contributed by atoms with van der Waals surface area (Å²) in [5.74, 6) is 0.197. The highest BCUT2D eigenvalue weighted by Gasteiger charge is 2.26. The summed E-state index contributed by atoms with van der Waals surface area (Å²) in [7, 11) is 1.65. The van der Waals surface area contributed by atoms with E-state index in [9.17, 15) is 9.59 Å². The number of para-hydroxylation sites is 1. The molecule has 136 valence electrons. The molecule has 0 radical (unpaired) electrons. The fourth-order valence-electron chi connectivity index (χ4n) is 2.75. The van der Waals surface area contributed by atoms with E-state index in [0.717, 1.165) is 19.3 Å². The van der Waals surface area contributed by atoms with Gasteiger partial charge in [0.05, 0.1) is 11.7 Å². The largest absolute Gasteiger partial charge is 0.490 e. The first kappa shape index (κ1) is 19.0. The molecule has 0 aromatic heterocycles. The molecule has 5 heteroatoms. The molecule has 1 aliphatic heterocycles. The summed E-state index contributed by atoms with van der Waals surface area (Å²) < 4.78 is 5.98. The number of nitrogens with one attached hydrogen (secondary N) is 1. The highest BCUT2D eigenvalue weighted by atomic mass is 16.5. The lowest BCUT2D eigenvalue weighted by Crippen LogP contribution is -2.48. The average molecular weight is 344 g/mol. The number of ether oxygens (including phenoxy) is 1. The number of nitrogens with zero attached hydrogens (tertiary/aromatic N) is 1. The van der Waals surface area contributed by atoms with Crippen LogP contribution in [0.15, 0.2) is 36.4 Å². The first-order valence-electron chi connectivity index (χ1n) is 8.92. The zero-order chi connectivity index (χ0) is 18.4. The van der Waals surface area contributed by atoms with E-state index in [2.05, 4.69) is 17.5 Å². The van der Waals surface area contributed by atoms with Gasteiger partial charge >= 0.3 is 0 Å². The molecule has 0 unspecified atom stereocenters. The SMILES string of the molecule is CC[C@H]1C/C=C\C[C@H](C)Oc2ccccc2C(=O)N(C)[C@H](C)C(=O)N1. The Hall–Kier alpha value is -2.30. The van der Waals surface area contributed by atoms with Crippen molar-refractivity contribution in [1.29, 1.82) is 0 Å². The molecule has 0 bridgehead atoms. The van der Waals surface area contributed by atoms with E-state index in [0.29, 0.717) is 11.3 Å². The highest BCUT2D eigenvalue weighted by Crippen LogP contribution is 2.22. The fourth-order valence-corrected chi connectivity index (χ4v) is 2.75. The first-order chi connectivity index (χ1) is 11.9. The summed E-state index contributed by atoms with van der Waals surface area (Å²) in [6.07, 6.45) is 6.49. The second-order valence-corrected chi connectivity index (χ2v) is 6.57. The molecule has 5 nitrogen and oxygen atoms in total. The Kier molecular flexibility index (Phi) is 6.62. The van der Waals surface area contributed by atoms with Gasteiger partial charge in [-0.3, -0.25) is 9.59 Å². The van der Waals surface area contributed by atoms with Crippen LogP contribution in [0.3, 0.4) is 0 Å². The van der Waals surface area contributed by atoms with Crippen molar-refractivity contribution in [3.63, 3.8) is 0 Å². The van der Waals surface area contributed by atoms with Crippen LogP contribution in [-0.2, 0) is 4.79 Å². The summed E-state index contributed by atoms with van der Waals surface area (Å²) >= 11 is 0. The van der Waals surface area contributed by atoms with Crippen molar-refractivity contribution in [2.75, 3.05) is 7.05 Å². The number of amides is 2. The van der Waals surface area contributed by atoms with E-state index in [1.807, 2.05) is 19.9 Å². The quantitative estimate of drug-likeness (QED) is 0.796. The zero-order valence-corrected chi connectivity index (χ0v) is 15.5. The van der Waals surface area contributed by atoms with E-state index in [1.54, 1.807) is 32.2 Å². The number of carbonyl (C=O) groups excluding carboxylic acids is 2. The Morgan fingerprint density at radius 1 is 1.16 bits per heavy atom. The van der Waals surface area contributed by atoms with Crippen LogP contribution in [0.1, 0.15) is 50.4 Å². The molecule has 3 atom stereocenters. The Labute approximate surface area is 150 Å². The zero-order valence-electron chi connectivity index (χ0n) is 15.5. The van der Waals surface area contributed by atoms with Crippen LogP contribution >= 0.6 is 0 Å². The second kappa shape index (κ2) is 8.70. The minimum absolute atomic E-state index is 0.0365. The summed E-state index contributed by atoms with van der Waals surface area (Å²) in [5, 5.41) is 3.04. The summed E-state index contributed by atoms with van der Waals surface area (Å²) in [6, 6.07) is 6.70. The lowest BCUT2D eigenvalue weighted by atomic mass is 10.1. The minimum atomic E-state index is -0.557. The maximum Gasteiger partial charge on any atom is 0.258 e. The molecule has 1 heterocycles. The molecule has 0 saturated carbocycles. The van der Waals surface area contributed by atoms with Gasteiger partial charge in [0, 0.05) is 19.5 Å². The normalized spacial score (nSPS) is 26.9. The predicted octanol–water partition coefficient (Wildman–Crippen LogP) is 3.16. The van der Waals surface area contributed by atoms with E-state index >= 15 is 0 Å². The standard InChI is InChI=1S/C20H28N2O3/c1-5-16-11-7-6-10-14(2)25-18-13-9-8-12-17(18)20(24)22(4)15(3)19(23)21-16/h6-9,12-16H,5,10-11H2,1-4H3,(H,21,23)/b7-6-/t14-,15+,16-/m0/s1. The molecule has 2 amide bonds. The van der Waals surface area contributed by atoms with Gasteiger partial charge in [-0.2, -0.15) is 0 Å². The van der Waals surface area contributed by atoms with Gasteiger partial charge in [-0.15, -0.1) is 0 Å². The van der Waals surface area contributed by atoms with Crippen molar-refractivity contribution in [3.05, 3.63) is 42.0 Å². The Morgan fingerprint density at radius 2 is 1.84 bits per heavy atom. The molecule has 1 N–H and O–H groups in total. The maximum atomic E-state index is 12.9. The summed E-state index contributed by atoms with van der Waals surface area (Å²) in [4.78, 5) is 26.9. The van der Waals surface area contributed by atoms with Gasteiger partial charge in [0.2, 0.25) is 5.91 Å². The van der Waals surface area contributed by atoms with Crippen molar-refractivity contribution in [2.45, 2.75) is 58.2 Å². The van der Waals surface area contributed by atoms with Gasteiger partial charge in [-0.05, 0) is 38.8 Å². The Balaban J connectivity index is 2.34. The van der Waals surface area contributed by atoms with Gasteiger partial charge < -0.3 is 15.0 Å². The number of hydrogen-bond donors (Lipinski definition) is 1. The highest BCUT2D eigenvalue weighted by molar-refractivity contribution is 5.99. The lowest BCUT2D eigenvalue weighted by Gasteiger charge is -2.27. The smallest absolute Gasteiger partial charge is 0.258 e. The number of benzene rings is 1.